The predicted molar refractivity (Wildman–Crippen MR) is 98.5 cm³/mol. The number of hydrogen-bond acceptors (Lipinski definition) is 3. The van der Waals surface area contributed by atoms with Crippen molar-refractivity contribution in [2.45, 2.75) is 6.42 Å². The summed E-state index contributed by atoms with van der Waals surface area (Å²) in [5.41, 5.74) is 2.15. The first-order chi connectivity index (χ1) is 11.1. The van der Waals surface area contributed by atoms with Crippen molar-refractivity contribution in [1.29, 1.82) is 0 Å². The third-order valence-electron chi connectivity index (χ3n) is 3.19. The lowest BCUT2D eigenvalue weighted by Crippen LogP contribution is -2.12. The van der Waals surface area contributed by atoms with Crippen LogP contribution in [0, 0.1) is 0 Å². The van der Waals surface area contributed by atoms with Gasteiger partial charge >= 0.3 is 0 Å². The fraction of sp³-hybridized carbons (Fsp3) is 0.0588. The molecular formula is C17H12BrClN2OS. The highest BCUT2D eigenvalue weighted by Crippen LogP contribution is 2.21. The Hall–Kier alpha value is -1.69. The van der Waals surface area contributed by atoms with E-state index in [9.17, 15) is 4.79 Å². The van der Waals surface area contributed by atoms with Gasteiger partial charge in [-0.25, -0.2) is 4.98 Å². The van der Waals surface area contributed by atoms with Crippen LogP contribution in [-0.2, 0) is 6.42 Å². The Labute approximate surface area is 151 Å². The molecule has 23 heavy (non-hydrogen) atoms. The molecule has 3 rings (SSSR count). The van der Waals surface area contributed by atoms with E-state index in [1.54, 1.807) is 5.38 Å². The molecule has 3 nitrogen and oxygen atoms in total. The first-order valence-corrected chi connectivity index (χ1v) is 8.91. The Balaban J connectivity index is 1.70. The number of nitrogens with zero attached hydrogens (tertiary/aromatic N) is 1. The number of anilines is 1. The average Bonchev–Trinajstić information content (AvgIpc) is 3.01. The number of amides is 1. The highest BCUT2D eigenvalue weighted by molar-refractivity contribution is 9.10. The summed E-state index contributed by atoms with van der Waals surface area (Å²) in [7, 11) is 0. The lowest BCUT2D eigenvalue weighted by Gasteiger charge is -2.03. The molecule has 0 unspecified atom stereocenters. The van der Waals surface area contributed by atoms with E-state index < -0.39 is 0 Å². The van der Waals surface area contributed by atoms with Crippen LogP contribution in [-0.4, -0.2) is 10.9 Å². The van der Waals surface area contributed by atoms with Crippen LogP contribution in [0.1, 0.15) is 21.1 Å². The fourth-order valence-electron chi connectivity index (χ4n) is 2.03. The third-order valence-corrected chi connectivity index (χ3v) is 4.93. The molecule has 0 bridgehead atoms. The minimum absolute atomic E-state index is 0.214. The average molecular weight is 408 g/mol. The molecule has 2 aromatic carbocycles. The van der Waals surface area contributed by atoms with Crippen LogP contribution < -0.4 is 5.32 Å². The van der Waals surface area contributed by atoms with Gasteiger partial charge in [-0.2, -0.15) is 0 Å². The lowest BCUT2D eigenvalue weighted by atomic mass is 10.2. The van der Waals surface area contributed by atoms with E-state index in [4.69, 9.17) is 11.6 Å². The van der Waals surface area contributed by atoms with Gasteiger partial charge in [0.2, 0.25) is 0 Å². The quantitative estimate of drug-likeness (QED) is 0.629. The van der Waals surface area contributed by atoms with Gasteiger partial charge in [0, 0.05) is 27.0 Å². The Morgan fingerprint density at radius 2 is 1.91 bits per heavy atom. The number of benzene rings is 2. The largest absolute Gasteiger partial charge is 0.321 e. The van der Waals surface area contributed by atoms with Crippen molar-refractivity contribution >= 4 is 50.5 Å². The topological polar surface area (TPSA) is 42.0 Å². The van der Waals surface area contributed by atoms with Crippen LogP contribution in [0.15, 0.2) is 58.4 Å². The van der Waals surface area contributed by atoms with Gasteiger partial charge in [0.15, 0.2) is 0 Å². The Bertz CT molecular complexity index is 833. The molecule has 0 atom stereocenters. The molecule has 0 spiro atoms. The monoisotopic (exact) mass is 406 g/mol. The predicted octanol–water partition coefficient (Wildman–Crippen LogP) is 5.40. The zero-order chi connectivity index (χ0) is 16.2. The minimum atomic E-state index is -0.214. The van der Waals surface area contributed by atoms with Gasteiger partial charge < -0.3 is 5.32 Å². The number of thiazole rings is 1. The summed E-state index contributed by atoms with van der Waals surface area (Å²) in [6.07, 6.45) is 0.621. The zero-order valence-electron chi connectivity index (χ0n) is 11.9. The maximum Gasteiger partial charge on any atom is 0.275 e. The second-order valence-electron chi connectivity index (χ2n) is 4.86. The van der Waals surface area contributed by atoms with E-state index in [0.29, 0.717) is 17.1 Å². The summed E-state index contributed by atoms with van der Waals surface area (Å²) in [6.45, 7) is 0. The van der Waals surface area contributed by atoms with Crippen molar-refractivity contribution in [2.24, 2.45) is 0 Å². The molecule has 3 aromatic rings. The molecule has 0 aliphatic heterocycles. The maximum atomic E-state index is 12.2. The molecule has 1 N–H and O–H groups in total. The zero-order valence-corrected chi connectivity index (χ0v) is 15.1. The van der Waals surface area contributed by atoms with Crippen LogP contribution in [0.5, 0.6) is 0 Å². The van der Waals surface area contributed by atoms with Gasteiger partial charge in [-0.3, -0.25) is 4.79 Å². The van der Waals surface area contributed by atoms with Gasteiger partial charge in [-0.15, -0.1) is 11.3 Å². The number of carbonyl (C=O) groups excluding carboxylic acids is 1. The molecular weight excluding hydrogens is 396 g/mol. The van der Waals surface area contributed by atoms with Crippen molar-refractivity contribution in [3.8, 4) is 0 Å². The first kappa shape index (κ1) is 16.2. The van der Waals surface area contributed by atoms with Gasteiger partial charge in [-0.1, -0.05) is 45.7 Å². The van der Waals surface area contributed by atoms with Crippen LogP contribution in [0.3, 0.4) is 0 Å². The van der Waals surface area contributed by atoms with Crippen molar-refractivity contribution in [1.82, 2.24) is 4.98 Å². The van der Waals surface area contributed by atoms with Crippen LogP contribution in [0.2, 0.25) is 5.02 Å². The number of aromatic nitrogens is 1. The molecule has 0 fully saturated rings. The SMILES string of the molecule is O=C(Nc1ccc(Br)cc1)c1csc(Cc2ccccc2Cl)n1. The molecule has 6 heteroatoms. The van der Waals surface area contributed by atoms with Crippen molar-refractivity contribution < 1.29 is 4.79 Å². The Morgan fingerprint density at radius 3 is 2.65 bits per heavy atom. The fourth-order valence-corrected chi connectivity index (χ4v) is 3.29. The van der Waals surface area contributed by atoms with Crippen LogP contribution >= 0.6 is 38.9 Å². The van der Waals surface area contributed by atoms with Gasteiger partial charge in [0.25, 0.3) is 5.91 Å². The number of halogens is 2. The Kier molecular flexibility index (Phi) is 5.10. The highest BCUT2D eigenvalue weighted by Gasteiger charge is 2.12. The minimum Gasteiger partial charge on any atom is -0.321 e. The Morgan fingerprint density at radius 1 is 1.17 bits per heavy atom. The van der Waals surface area contributed by atoms with Gasteiger partial charge in [0.1, 0.15) is 5.69 Å². The number of nitrogens with one attached hydrogen (secondary N) is 1. The van der Waals surface area contributed by atoms with E-state index in [1.165, 1.54) is 11.3 Å². The summed E-state index contributed by atoms with van der Waals surface area (Å²) < 4.78 is 0.964. The second-order valence-corrected chi connectivity index (χ2v) is 7.12. The van der Waals surface area contributed by atoms with Crippen molar-refractivity contribution in [3.05, 3.63) is 79.7 Å². The normalized spacial score (nSPS) is 10.5. The third kappa shape index (κ3) is 4.19. The summed E-state index contributed by atoms with van der Waals surface area (Å²) in [6, 6.07) is 15.1. The summed E-state index contributed by atoms with van der Waals surface area (Å²) in [5, 5.41) is 6.17. The van der Waals surface area contributed by atoms with Crippen molar-refractivity contribution in [3.63, 3.8) is 0 Å². The molecule has 116 valence electrons. The number of carbonyl (C=O) groups is 1. The van der Waals surface area contributed by atoms with E-state index in [2.05, 4.69) is 26.2 Å². The smallest absolute Gasteiger partial charge is 0.275 e. The molecule has 0 aliphatic rings. The standard InChI is InChI=1S/C17H12BrClN2OS/c18-12-5-7-13(8-6-12)20-17(22)15-10-23-16(21-15)9-11-3-1-2-4-14(11)19/h1-8,10H,9H2,(H,20,22). The molecule has 1 aromatic heterocycles. The summed E-state index contributed by atoms with van der Waals surface area (Å²) in [4.78, 5) is 16.6. The molecule has 1 amide bonds. The van der Waals surface area contributed by atoms with E-state index in [-0.39, 0.29) is 5.91 Å². The van der Waals surface area contributed by atoms with E-state index in [1.807, 2.05) is 48.5 Å². The van der Waals surface area contributed by atoms with Gasteiger partial charge in [0.05, 0.1) is 5.01 Å². The van der Waals surface area contributed by atoms with Crippen LogP contribution in [0.25, 0.3) is 0 Å². The summed E-state index contributed by atoms with van der Waals surface area (Å²) >= 11 is 11.0. The number of rotatable bonds is 4. The lowest BCUT2D eigenvalue weighted by molar-refractivity contribution is 0.102. The molecule has 1 heterocycles. The first-order valence-electron chi connectivity index (χ1n) is 6.86. The molecule has 0 saturated carbocycles. The van der Waals surface area contributed by atoms with Gasteiger partial charge in [-0.05, 0) is 35.9 Å². The molecule has 0 aliphatic carbocycles. The second kappa shape index (κ2) is 7.25. The van der Waals surface area contributed by atoms with Crippen LogP contribution in [0.4, 0.5) is 5.69 Å². The molecule has 0 saturated heterocycles. The van der Waals surface area contributed by atoms with E-state index in [0.717, 1.165) is 20.7 Å². The molecule has 0 radical (unpaired) electrons. The van der Waals surface area contributed by atoms with Crippen molar-refractivity contribution in [2.75, 3.05) is 5.32 Å². The highest BCUT2D eigenvalue weighted by atomic mass is 79.9. The number of hydrogen-bond donors (Lipinski definition) is 1. The van der Waals surface area contributed by atoms with E-state index >= 15 is 0 Å². The summed E-state index contributed by atoms with van der Waals surface area (Å²) in [5.74, 6) is -0.214. The maximum absolute atomic E-state index is 12.2.